The Labute approximate surface area is 116 Å². The first-order valence-corrected chi connectivity index (χ1v) is 6.44. The number of aromatic nitrogens is 4. The summed E-state index contributed by atoms with van der Waals surface area (Å²) in [6, 6.07) is 6.33. The van der Waals surface area contributed by atoms with E-state index in [4.69, 9.17) is 4.74 Å². The van der Waals surface area contributed by atoms with E-state index < -0.39 is 0 Å². The fraction of sp³-hybridized carbons (Fsp3) is 0.462. The zero-order valence-electron chi connectivity index (χ0n) is 11.6. The van der Waals surface area contributed by atoms with Gasteiger partial charge in [-0.05, 0) is 35.0 Å². The molecule has 0 fully saturated rings. The zero-order valence-corrected chi connectivity index (χ0v) is 11.6. The Balaban J connectivity index is 2.07. The molecule has 2 aromatic rings. The molecule has 7 heteroatoms. The number of benzene rings is 1. The molecule has 1 aromatic heterocycles. The second kappa shape index (κ2) is 7.06. The minimum atomic E-state index is -0.262. The summed E-state index contributed by atoms with van der Waals surface area (Å²) in [7, 11) is 1.65. The van der Waals surface area contributed by atoms with E-state index in [9.17, 15) is 4.39 Å². The van der Waals surface area contributed by atoms with Gasteiger partial charge >= 0.3 is 0 Å². The SMILES string of the molecule is COCCNCc1nnnn1C(C)c1cccc(F)c1. The van der Waals surface area contributed by atoms with Crippen molar-refractivity contribution in [2.75, 3.05) is 20.3 Å². The maximum Gasteiger partial charge on any atom is 0.165 e. The van der Waals surface area contributed by atoms with Crippen LogP contribution in [0.1, 0.15) is 24.4 Å². The van der Waals surface area contributed by atoms with Crippen molar-refractivity contribution in [3.8, 4) is 0 Å². The molecule has 0 aliphatic rings. The van der Waals surface area contributed by atoms with Crippen molar-refractivity contribution >= 4 is 0 Å². The first-order valence-electron chi connectivity index (χ1n) is 6.44. The highest BCUT2D eigenvalue weighted by atomic mass is 19.1. The molecule has 0 radical (unpaired) electrons. The van der Waals surface area contributed by atoms with Gasteiger partial charge in [-0.25, -0.2) is 9.07 Å². The number of ether oxygens (including phenoxy) is 1. The van der Waals surface area contributed by atoms with Crippen LogP contribution in [0.2, 0.25) is 0 Å². The summed E-state index contributed by atoms with van der Waals surface area (Å²) in [5.74, 6) is 0.444. The monoisotopic (exact) mass is 279 g/mol. The van der Waals surface area contributed by atoms with E-state index in [0.29, 0.717) is 19.0 Å². The lowest BCUT2D eigenvalue weighted by Crippen LogP contribution is -2.22. The Morgan fingerprint density at radius 1 is 1.45 bits per heavy atom. The minimum absolute atomic E-state index is 0.125. The summed E-state index contributed by atoms with van der Waals surface area (Å²) >= 11 is 0. The van der Waals surface area contributed by atoms with Crippen LogP contribution in [0.4, 0.5) is 4.39 Å². The highest BCUT2D eigenvalue weighted by Crippen LogP contribution is 2.18. The fourth-order valence-electron chi connectivity index (χ4n) is 1.91. The smallest absolute Gasteiger partial charge is 0.165 e. The number of hydrogen-bond acceptors (Lipinski definition) is 5. The van der Waals surface area contributed by atoms with Crippen LogP contribution < -0.4 is 5.32 Å². The molecule has 6 nitrogen and oxygen atoms in total. The number of halogens is 1. The number of tetrazole rings is 1. The van der Waals surface area contributed by atoms with Gasteiger partial charge in [0.2, 0.25) is 0 Å². The van der Waals surface area contributed by atoms with Gasteiger partial charge in [-0.15, -0.1) is 5.10 Å². The van der Waals surface area contributed by atoms with Crippen molar-refractivity contribution in [1.29, 1.82) is 0 Å². The number of nitrogens with zero attached hydrogens (tertiary/aromatic N) is 4. The van der Waals surface area contributed by atoms with Crippen LogP contribution in [-0.2, 0) is 11.3 Å². The van der Waals surface area contributed by atoms with Crippen molar-refractivity contribution in [2.24, 2.45) is 0 Å². The van der Waals surface area contributed by atoms with E-state index >= 15 is 0 Å². The molecule has 0 spiro atoms. The summed E-state index contributed by atoms with van der Waals surface area (Å²) in [5.41, 5.74) is 0.829. The number of hydrogen-bond donors (Lipinski definition) is 1. The van der Waals surface area contributed by atoms with Crippen LogP contribution in [0, 0.1) is 5.82 Å². The maximum atomic E-state index is 13.3. The summed E-state index contributed by atoms with van der Waals surface area (Å²) in [4.78, 5) is 0. The normalized spacial score (nSPS) is 12.6. The molecule has 1 aromatic carbocycles. The molecule has 20 heavy (non-hydrogen) atoms. The lowest BCUT2D eigenvalue weighted by atomic mass is 10.1. The number of rotatable bonds is 7. The van der Waals surface area contributed by atoms with Crippen LogP contribution in [0.3, 0.4) is 0 Å². The van der Waals surface area contributed by atoms with Gasteiger partial charge in [-0.1, -0.05) is 12.1 Å². The van der Waals surface area contributed by atoms with Crippen LogP contribution in [0.25, 0.3) is 0 Å². The average Bonchev–Trinajstić information content (AvgIpc) is 2.91. The molecule has 0 saturated carbocycles. The van der Waals surface area contributed by atoms with Gasteiger partial charge in [0.15, 0.2) is 5.82 Å². The van der Waals surface area contributed by atoms with E-state index in [2.05, 4.69) is 20.8 Å². The second-order valence-corrected chi connectivity index (χ2v) is 4.44. The van der Waals surface area contributed by atoms with Gasteiger partial charge in [0.1, 0.15) is 5.82 Å². The average molecular weight is 279 g/mol. The van der Waals surface area contributed by atoms with Gasteiger partial charge in [0, 0.05) is 13.7 Å². The van der Waals surface area contributed by atoms with Crippen molar-refractivity contribution in [1.82, 2.24) is 25.5 Å². The Morgan fingerprint density at radius 2 is 2.30 bits per heavy atom. The lowest BCUT2D eigenvalue weighted by Gasteiger charge is -2.14. The summed E-state index contributed by atoms with van der Waals surface area (Å²) in [6.45, 7) is 3.82. The Morgan fingerprint density at radius 3 is 3.05 bits per heavy atom. The summed E-state index contributed by atoms with van der Waals surface area (Å²) in [5, 5.41) is 14.8. The molecular formula is C13H18FN5O. The largest absolute Gasteiger partial charge is 0.383 e. The van der Waals surface area contributed by atoms with E-state index in [-0.39, 0.29) is 11.9 Å². The number of methoxy groups -OCH3 is 1. The Hall–Kier alpha value is -1.86. The third kappa shape index (κ3) is 3.58. The quantitative estimate of drug-likeness (QED) is 0.770. The Kier molecular flexibility index (Phi) is 5.14. The molecule has 2 rings (SSSR count). The lowest BCUT2D eigenvalue weighted by molar-refractivity contribution is 0.198. The first kappa shape index (κ1) is 14.5. The van der Waals surface area contributed by atoms with E-state index in [1.54, 1.807) is 17.9 Å². The van der Waals surface area contributed by atoms with Crippen molar-refractivity contribution in [3.05, 3.63) is 41.5 Å². The van der Waals surface area contributed by atoms with E-state index in [1.807, 2.05) is 13.0 Å². The predicted octanol–water partition coefficient (Wildman–Crippen LogP) is 1.16. The molecule has 1 heterocycles. The molecule has 1 N–H and O–H groups in total. The van der Waals surface area contributed by atoms with Crippen LogP contribution in [0.15, 0.2) is 24.3 Å². The van der Waals surface area contributed by atoms with Gasteiger partial charge < -0.3 is 10.1 Å². The van der Waals surface area contributed by atoms with Gasteiger partial charge in [-0.3, -0.25) is 0 Å². The summed E-state index contributed by atoms with van der Waals surface area (Å²) < 4.78 is 19.9. The highest BCUT2D eigenvalue weighted by Gasteiger charge is 2.14. The first-order chi connectivity index (χ1) is 9.72. The van der Waals surface area contributed by atoms with Gasteiger partial charge in [0.05, 0.1) is 19.2 Å². The molecule has 1 unspecified atom stereocenters. The third-order valence-corrected chi connectivity index (χ3v) is 3.02. The van der Waals surface area contributed by atoms with Crippen molar-refractivity contribution in [2.45, 2.75) is 19.5 Å². The van der Waals surface area contributed by atoms with Crippen LogP contribution in [0.5, 0.6) is 0 Å². The second-order valence-electron chi connectivity index (χ2n) is 4.44. The Bertz CT molecular complexity index is 545. The molecule has 0 aliphatic carbocycles. The molecule has 108 valence electrons. The molecule has 0 aliphatic heterocycles. The molecule has 0 saturated heterocycles. The minimum Gasteiger partial charge on any atom is -0.383 e. The maximum absolute atomic E-state index is 13.3. The van der Waals surface area contributed by atoms with Gasteiger partial charge in [-0.2, -0.15) is 0 Å². The third-order valence-electron chi connectivity index (χ3n) is 3.02. The molecular weight excluding hydrogens is 261 g/mol. The summed E-state index contributed by atoms with van der Waals surface area (Å²) in [6.07, 6.45) is 0. The molecule has 0 bridgehead atoms. The zero-order chi connectivity index (χ0) is 14.4. The van der Waals surface area contributed by atoms with E-state index in [1.165, 1.54) is 12.1 Å². The van der Waals surface area contributed by atoms with Crippen molar-refractivity contribution in [3.63, 3.8) is 0 Å². The van der Waals surface area contributed by atoms with Crippen LogP contribution in [-0.4, -0.2) is 40.5 Å². The molecule has 1 atom stereocenters. The standard InChI is InChI=1S/C13H18FN5O/c1-10(11-4-3-5-12(14)8-11)19-13(16-17-18-19)9-15-6-7-20-2/h3-5,8,10,15H,6-7,9H2,1-2H3. The fourth-order valence-corrected chi connectivity index (χ4v) is 1.91. The van der Waals surface area contributed by atoms with E-state index in [0.717, 1.165) is 12.1 Å². The van der Waals surface area contributed by atoms with Crippen LogP contribution >= 0.6 is 0 Å². The highest BCUT2D eigenvalue weighted by molar-refractivity contribution is 5.20. The predicted molar refractivity (Wildman–Crippen MR) is 71.6 cm³/mol. The van der Waals surface area contributed by atoms with Gasteiger partial charge in [0.25, 0.3) is 0 Å². The molecule has 0 amide bonds. The number of nitrogens with one attached hydrogen (secondary N) is 1. The topological polar surface area (TPSA) is 64.9 Å². The van der Waals surface area contributed by atoms with Crippen molar-refractivity contribution < 1.29 is 9.13 Å².